The lowest BCUT2D eigenvalue weighted by Crippen LogP contribution is -2.23. The molecule has 0 atom stereocenters. The molecule has 0 radical (unpaired) electrons. The van der Waals surface area contributed by atoms with Gasteiger partial charge in [0.2, 0.25) is 0 Å². The fraction of sp³-hybridized carbons (Fsp3) is 0.286. The van der Waals surface area contributed by atoms with E-state index in [1.807, 2.05) is 18.2 Å². The molecule has 174 valence electrons. The molecule has 0 spiro atoms. The molecule has 0 saturated carbocycles. The second kappa shape index (κ2) is 9.22. The lowest BCUT2D eigenvalue weighted by Gasteiger charge is -2.25. The van der Waals surface area contributed by atoms with Crippen molar-refractivity contribution >= 4 is 11.6 Å². The van der Waals surface area contributed by atoms with Crippen LogP contribution in [-0.2, 0) is 17.3 Å². The highest BCUT2D eigenvalue weighted by Gasteiger charge is 2.26. The molecule has 0 saturated heterocycles. The van der Waals surface area contributed by atoms with Gasteiger partial charge in [0.25, 0.3) is 0 Å². The van der Waals surface area contributed by atoms with Crippen molar-refractivity contribution in [2.24, 2.45) is 0 Å². The standard InChI is InChI=1S/C28H28ClFN4/c1-27(2,3)24-16-31-15-23(33-24)20-11-8-9-18(26(20)29)13-28(4,5)25-17-32-14-22(34-25)19-10-6-7-12-21(19)30/h6-12,14-17H,13H2,1-5H3. The van der Waals surface area contributed by atoms with E-state index in [1.54, 1.807) is 43.0 Å². The molecule has 4 aromatic rings. The van der Waals surface area contributed by atoms with Crippen LogP contribution in [0.5, 0.6) is 0 Å². The Morgan fingerprint density at radius 2 is 1.32 bits per heavy atom. The zero-order valence-corrected chi connectivity index (χ0v) is 20.9. The third-order valence-electron chi connectivity index (χ3n) is 5.87. The number of hydrogen-bond donors (Lipinski definition) is 0. The molecule has 0 aliphatic rings. The van der Waals surface area contributed by atoms with Crippen LogP contribution >= 0.6 is 11.6 Å². The zero-order chi connectivity index (χ0) is 24.5. The predicted molar refractivity (Wildman–Crippen MR) is 135 cm³/mol. The monoisotopic (exact) mass is 474 g/mol. The molecule has 0 aliphatic carbocycles. The van der Waals surface area contributed by atoms with Gasteiger partial charge in [0, 0.05) is 34.4 Å². The molecule has 6 heteroatoms. The van der Waals surface area contributed by atoms with Gasteiger partial charge in [-0.3, -0.25) is 9.97 Å². The summed E-state index contributed by atoms with van der Waals surface area (Å²) in [6.07, 6.45) is 7.49. The van der Waals surface area contributed by atoms with E-state index in [2.05, 4.69) is 44.6 Å². The molecule has 0 fully saturated rings. The Morgan fingerprint density at radius 3 is 2.00 bits per heavy atom. The number of hydrogen-bond acceptors (Lipinski definition) is 4. The molecule has 0 unspecified atom stereocenters. The minimum absolute atomic E-state index is 0.114. The molecule has 0 bridgehead atoms. The van der Waals surface area contributed by atoms with E-state index in [4.69, 9.17) is 21.6 Å². The van der Waals surface area contributed by atoms with Gasteiger partial charge in [0.15, 0.2) is 0 Å². The first-order valence-electron chi connectivity index (χ1n) is 11.2. The van der Waals surface area contributed by atoms with Crippen LogP contribution in [-0.4, -0.2) is 19.9 Å². The number of benzene rings is 2. The van der Waals surface area contributed by atoms with E-state index in [9.17, 15) is 4.39 Å². The van der Waals surface area contributed by atoms with Crippen LogP contribution < -0.4 is 0 Å². The first-order chi connectivity index (χ1) is 16.1. The molecule has 2 aromatic heterocycles. The molecule has 4 rings (SSSR count). The third kappa shape index (κ3) is 5.00. The number of aromatic nitrogens is 4. The van der Waals surface area contributed by atoms with E-state index in [-0.39, 0.29) is 11.2 Å². The Hall–Kier alpha value is -3.18. The van der Waals surface area contributed by atoms with E-state index < -0.39 is 5.41 Å². The maximum atomic E-state index is 14.3. The Kier molecular flexibility index (Phi) is 6.50. The summed E-state index contributed by atoms with van der Waals surface area (Å²) >= 11 is 6.90. The number of halogens is 2. The lowest BCUT2D eigenvalue weighted by atomic mass is 9.82. The molecule has 2 heterocycles. The first-order valence-corrected chi connectivity index (χ1v) is 11.6. The normalized spacial score (nSPS) is 12.1. The predicted octanol–water partition coefficient (Wildman–Crippen LogP) is 7.21. The molecule has 34 heavy (non-hydrogen) atoms. The third-order valence-corrected chi connectivity index (χ3v) is 6.31. The zero-order valence-electron chi connectivity index (χ0n) is 20.1. The van der Waals surface area contributed by atoms with E-state index in [0.29, 0.717) is 22.7 Å². The van der Waals surface area contributed by atoms with Crippen molar-refractivity contribution in [1.82, 2.24) is 19.9 Å². The van der Waals surface area contributed by atoms with E-state index in [1.165, 1.54) is 6.07 Å². The van der Waals surface area contributed by atoms with Crippen molar-refractivity contribution in [2.75, 3.05) is 0 Å². The lowest BCUT2D eigenvalue weighted by molar-refractivity contribution is 0.503. The Labute approximate surface area is 205 Å². The molecular weight excluding hydrogens is 447 g/mol. The van der Waals surface area contributed by atoms with E-state index >= 15 is 0 Å². The summed E-state index contributed by atoms with van der Waals surface area (Å²) < 4.78 is 14.3. The molecule has 0 aliphatic heterocycles. The molecule has 2 aromatic carbocycles. The van der Waals surface area contributed by atoms with Crippen molar-refractivity contribution in [1.29, 1.82) is 0 Å². The average Bonchev–Trinajstić information content (AvgIpc) is 2.80. The van der Waals surface area contributed by atoms with Gasteiger partial charge >= 0.3 is 0 Å². The second-order valence-corrected chi connectivity index (χ2v) is 10.5. The number of rotatable bonds is 5. The topological polar surface area (TPSA) is 51.6 Å². The van der Waals surface area contributed by atoms with Crippen LogP contribution in [0.4, 0.5) is 4.39 Å². The molecular formula is C28H28ClFN4. The van der Waals surface area contributed by atoms with Gasteiger partial charge in [-0.2, -0.15) is 0 Å². The molecule has 4 nitrogen and oxygen atoms in total. The van der Waals surface area contributed by atoms with Crippen LogP contribution in [0.1, 0.15) is 51.6 Å². The smallest absolute Gasteiger partial charge is 0.132 e. The summed E-state index contributed by atoms with van der Waals surface area (Å²) in [5.74, 6) is -0.318. The maximum absolute atomic E-state index is 14.3. The summed E-state index contributed by atoms with van der Waals surface area (Å²) in [4.78, 5) is 18.3. The quantitative estimate of drug-likeness (QED) is 0.306. The van der Waals surface area contributed by atoms with Gasteiger partial charge in [-0.25, -0.2) is 14.4 Å². The van der Waals surface area contributed by atoms with Gasteiger partial charge in [-0.05, 0) is 24.1 Å². The SMILES string of the molecule is CC(C)(C)c1cncc(-c2cccc(CC(C)(C)c3cncc(-c4ccccc4F)n3)c2Cl)n1. The van der Waals surface area contributed by atoms with Crippen molar-refractivity contribution in [3.63, 3.8) is 0 Å². The van der Waals surface area contributed by atoms with Crippen LogP contribution in [0, 0.1) is 5.82 Å². The fourth-order valence-corrected chi connectivity index (χ4v) is 4.12. The minimum Gasteiger partial charge on any atom is -0.261 e. The van der Waals surface area contributed by atoms with Crippen LogP contribution in [0.25, 0.3) is 22.5 Å². The van der Waals surface area contributed by atoms with Gasteiger partial charge in [-0.1, -0.05) is 76.6 Å². The minimum atomic E-state index is -0.393. The highest BCUT2D eigenvalue weighted by Crippen LogP contribution is 2.35. The molecule has 0 N–H and O–H groups in total. The van der Waals surface area contributed by atoms with Gasteiger partial charge in [-0.15, -0.1) is 0 Å². The largest absolute Gasteiger partial charge is 0.261 e. The summed E-state index contributed by atoms with van der Waals surface area (Å²) in [7, 11) is 0. The van der Waals surface area contributed by atoms with Crippen molar-refractivity contribution in [3.8, 4) is 22.5 Å². The first kappa shape index (κ1) is 24.0. The summed E-state index contributed by atoms with van der Waals surface area (Å²) in [6, 6.07) is 12.6. The van der Waals surface area contributed by atoms with Crippen LogP contribution in [0.2, 0.25) is 5.02 Å². The Morgan fingerprint density at radius 1 is 0.735 bits per heavy atom. The second-order valence-electron chi connectivity index (χ2n) is 10.1. The average molecular weight is 475 g/mol. The van der Waals surface area contributed by atoms with Crippen molar-refractivity contribution < 1.29 is 4.39 Å². The fourth-order valence-electron chi connectivity index (χ4n) is 3.83. The molecule has 0 amide bonds. The Bertz CT molecular complexity index is 1330. The van der Waals surface area contributed by atoms with Gasteiger partial charge < -0.3 is 0 Å². The van der Waals surface area contributed by atoms with Crippen LogP contribution in [0.15, 0.2) is 67.3 Å². The highest BCUT2D eigenvalue weighted by atomic mass is 35.5. The van der Waals surface area contributed by atoms with Crippen molar-refractivity contribution in [2.45, 2.75) is 51.9 Å². The number of nitrogens with zero attached hydrogens (tertiary/aromatic N) is 4. The highest BCUT2D eigenvalue weighted by molar-refractivity contribution is 6.34. The summed E-state index contributed by atoms with van der Waals surface area (Å²) in [5, 5.41) is 0.647. The maximum Gasteiger partial charge on any atom is 0.132 e. The van der Waals surface area contributed by atoms with Crippen LogP contribution in [0.3, 0.4) is 0 Å². The summed E-state index contributed by atoms with van der Waals surface area (Å²) in [6.45, 7) is 10.5. The Balaban J connectivity index is 1.68. The summed E-state index contributed by atoms with van der Waals surface area (Å²) in [5.41, 5.74) is 4.69. The van der Waals surface area contributed by atoms with Gasteiger partial charge in [0.05, 0.1) is 40.2 Å². The van der Waals surface area contributed by atoms with Gasteiger partial charge in [0.1, 0.15) is 5.82 Å². The van der Waals surface area contributed by atoms with E-state index in [0.717, 1.165) is 28.2 Å². The van der Waals surface area contributed by atoms with Crippen molar-refractivity contribution in [3.05, 3.63) is 95.0 Å².